The minimum atomic E-state index is -1.26. The number of nitrogens with zero attached hydrogens (tertiary/aromatic N) is 4. The number of carboxylic acids is 2. The highest BCUT2D eigenvalue weighted by Crippen LogP contribution is 2.34. The highest BCUT2D eigenvalue weighted by Gasteiger charge is 2.24. The quantitative estimate of drug-likeness (QED) is 0.307. The van der Waals surface area contributed by atoms with Crippen LogP contribution in [-0.2, 0) is 22.6 Å². The van der Waals surface area contributed by atoms with Crippen LogP contribution in [-0.4, -0.2) is 64.2 Å². The van der Waals surface area contributed by atoms with Crippen molar-refractivity contribution in [1.82, 2.24) is 20.7 Å². The van der Waals surface area contributed by atoms with Crippen molar-refractivity contribution in [3.05, 3.63) is 53.9 Å². The third kappa shape index (κ3) is 8.25. The molecule has 0 spiro atoms. The second kappa shape index (κ2) is 13.7. The van der Waals surface area contributed by atoms with Gasteiger partial charge in [0, 0.05) is 43.4 Å². The molecule has 1 aliphatic carbocycles. The number of aliphatic carboxylic acids is 2. The van der Waals surface area contributed by atoms with E-state index in [-0.39, 0.29) is 0 Å². The van der Waals surface area contributed by atoms with Crippen LogP contribution in [0.5, 0.6) is 5.75 Å². The zero-order valence-corrected chi connectivity index (χ0v) is 22.1. The number of rotatable bonds is 11. The first kappa shape index (κ1) is 28.0. The molecule has 3 heterocycles. The minimum absolute atomic E-state index is 0.558. The van der Waals surface area contributed by atoms with Crippen molar-refractivity contribution in [2.75, 3.05) is 31.6 Å². The molecule has 1 aromatic carbocycles. The lowest BCUT2D eigenvalue weighted by atomic mass is 9.91. The van der Waals surface area contributed by atoms with Gasteiger partial charge in [-0.1, -0.05) is 5.16 Å². The molecule has 0 amide bonds. The number of benzene rings is 1. The van der Waals surface area contributed by atoms with Gasteiger partial charge in [0.25, 0.3) is 0 Å². The van der Waals surface area contributed by atoms with E-state index in [1.54, 1.807) is 6.20 Å². The number of nitrogens with one attached hydrogen (secondary N) is 1. The van der Waals surface area contributed by atoms with Crippen molar-refractivity contribution in [3.8, 4) is 5.75 Å². The molecule has 0 atom stereocenters. The van der Waals surface area contributed by atoms with Crippen LogP contribution in [0.25, 0.3) is 11.0 Å². The molecular weight excluding hydrogens is 502 g/mol. The first-order valence-corrected chi connectivity index (χ1v) is 13.3. The van der Waals surface area contributed by atoms with Crippen LogP contribution in [0.4, 0.5) is 5.82 Å². The van der Waals surface area contributed by atoms with E-state index in [9.17, 15) is 9.59 Å². The van der Waals surface area contributed by atoms with E-state index in [2.05, 4.69) is 37.7 Å². The van der Waals surface area contributed by atoms with E-state index in [1.807, 2.05) is 19.2 Å². The number of carbonyl (C=O) groups is 2. The number of hydrogen-bond donors (Lipinski definition) is 3. The van der Waals surface area contributed by atoms with Crippen LogP contribution in [0.1, 0.15) is 43.4 Å². The van der Waals surface area contributed by atoms with E-state index in [0.717, 1.165) is 72.2 Å². The number of aryl methyl sites for hydroxylation is 1. The lowest BCUT2D eigenvalue weighted by Gasteiger charge is -2.32. The van der Waals surface area contributed by atoms with Gasteiger partial charge < -0.3 is 29.7 Å². The van der Waals surface area contributed by atoms with E-state index in [4.69, 9.17) is 19.5 Å². The standard InChI is InChI=1S/C24H31N5O2.C4H4O4/c1-25-15-20-22(30-16-18-4-5-18)9-7-19-21(28-31-24(19)20)8-6-17-10-13-29(14-11-17)23-3-2-12-26-27-23;5-3(6)1-2-4(7)8/h2-3,7,9,12,17-18,25H,4-6,8,10-11,13-16H2,1H3;1-2H,(H,5,6)(H,7,8). The number of piperidine rings is 1. The first-order chi connectivity index (χ1) is 18.9. The third-order valence-electron chi connectivity index (χ3n) is 6.96. The zero-order valence-electron chi connectivity index (χ0n) is 22.1. The monoisotopic (exact) mass is 537 g/mol. The van der Waals surface area contributed by atoms with Gasteiger partial charge >= 0.3 is 11.9 Å². The summed E-state index contributed by atoms with van der Waals surface area (Å²) < 4.78 is 11.9. The zero-order chi connectivity index (χ0) is 27.6. The molecule has 11 heteroatoms. The van der Waals surface area contributed by atoms with Gasteiger partial charge in [0.2, 0.25) is 0 Å². The Balaban J connectivity index is 0.000000386. The molecule has 0 radical (unpaired) electrons. The number of hydrogen-bond acceptors (Lipinski definition) is 9. The largest absolute Gasteiger partial charge is 0.493 e. The molecule has 0 unspecified atom stereocenters. The van der Waals surface area contributed by atoms with Gasteiger partial charge in [-0.05, 0) is 81.7 Å². The van der Waals surface area contributed by atoms with Crippen molar-refractivity contribution in [1.29, 1.82) is 0 Å². The molecule has 3 aromatic rings. The molecule has 1 saturated carbocycles. The summed E-state index contributed by atoms with van der Waals surface area (Å²) in [4.78, 5) is 21.4. The summed E-state index contributed by atoms with van der Waals surface area (Å²) in [6, 6.07) is 8.21. The topological polar surface area (TPSA) is 151 Å². The molecule has 3 N–H and O–H groups in total. The molecule has 2 aromatic heterocycles. The summed E-state index contributed by atoms with van der Waals surface area (Å²) in [5.41, 5.74) is 3.02. The summed E-state index contributed by atoms with van der Waals surface area (Å²) >= 11 is 0. The van der Waals surface area contributed by atoms with Crippen LogP contribution < -0.4 is 15.0 Å². The molecule has 0 bridgehead atoms. The smallest absolute Gasteiger partial charge is 0.328 e. The minimum Gasteiger partial charge on any atom is -0.493 e. The van der Waals surface area contributed by atoms with Crippen LogP contribution >= 0.6 is 0 Å². The number of carboxylic acid groups (broad SMARTS) is 2. The molecule has 208 valence electrons. The van der Waals surface area contributed by atoms with E-state index >= 15 is 0 Å². The Morgan fingerprint density at radius 1 is 1.10 bits per heavy atom. The average molecular weight is 538 g/mol. The van der Waals surface area contributed by atoms with Crippen molar-refractivity contribution < 1.29 is 29.1 Å². The fourth-order valence-electron chi connectivity index (χ4n) is 4.64. The Morgan fingerprint density at radius 2 is 1.85 bits per heavy atom. The fraction of sp³-hybridized carbons (Fsp3) is 0.464. The summed E-state index contributed by atoms with van der Waals surface area (Å²) in [7, 11) is 1.95. The van der Waals surface area contributed by atoms with Gasteiger partial charge in [-0.3, -0.25) is 0 Å². The molecule has 5 rings (SSSR count). The number of anilines is 1. The molecule has 1 saturated heterocycles. The van der Waals surface area contributed by atoms with Gasteiger partial charge in [-0.25, -0.2) is 9.59 Å². The average Bonchev–Trinajstić information content (AvgIpc) is 3.69. The normalized spacial score (nSPS) is 15.8. The second-order valence-corrected chi connectivity index (χ2v) is 9.89. The molecular formula is C28H35N5O6. The maximum atomic E-state index is 9.55. The maximum Gasteiger partial charge on any atom is 0.328 e. The predicted molar refractivity (Wildman–Crippen MR) is 145 cm³/mol. The number of ether oxygens (including phenoxy) is 1. The van der Waals surface area contributed by atoms with Crippen molar-refractivity contribution in [2.24, 2.45) is 11.8 Å². The lowest BCUT2D eigenvalue weighted by Crippen LogP contribution is -2.34. The predicted octanol–water partition coefficient (Wildman–Crippen LogP) is 3.69. The van der Waals surface area contributed by atoms with Crippen LogP contribution in [0.15, 0.2) is 47.1 Å². The maximum absolute atomic E-state index is 9.55. The molecule has 2 fully saturated rings. The molecule has 1 aliphatic heterocycles. The van der Waals surface area contributed by atoms with E-state index in [1.165, 1.54) is 25.7 Å². The Bertz CT molecular complexity index is 1250. The van der Waals surface area contributed by atoms with Gasteiger partial charge in [0.1, 0.15) is 5.75 Å². The SMILES string of the molecule is CNCc1c(OCC2CC2)ccc2c(CCC3CCN(c4cccnn4)CC3)noc12.O=C(O)C=CC(=O)O. The van der Waals surface area contributed by atoms with Crippen LogP contribution in [0, 0.1) is 11.8 Å². The van der Waals surface area contributed by atoms with Crippen molar-refractivity contribution in [2.45, 2.75) is 45.1 Å². The molecule has 2 aliphatic rings. The van der Waals surface area contributed by atoms with Crippen LogP contribution in [0.2, 0.25) is 0 Å². The Labute approximate surface area is 226 Å². The molecule has 39 heavy (non-hydrogen) atoms. The molecule has 11 nitrogen and oxygen atoms in total. The highest BCUT2D eigenvalue weighted by molar-refractivity contribution is 5.89. The van der Waals surface area contributed by atoms with Crippen LogP contribution in [0.3, 0.4) is 0 Å². The lowest BCUT2D eigenvalue weighted by molar-refractivity contribution is -0.134. The Morgan fingerprint density at radius 3 is 2.46 bits per heavy atom. The van der Waals surface area contributed by atoms with Gasteiger partial charge in [0.15, 0.2) is 11.4 Å². The fourth-order valence-corrected chi connectivity index (χ4v) is 4.64. The Kier molecular flexibility index (Phi) is 9.85. The van der Waals surface area contributed by atoms with Crippen molar-refractivity contribution >= 4 is 28.7 Å². The number of aromatic nitrogens is 3. The second-order valence-electron chi connectivity index (χ2n) is 9.89. The van der Waals surface area contributed by atoms with E-state index < -0.39 is 11.9 Å². The highest BCUT2D eigenvalue weighted by atomic mass is 16.5. The summed E-state index contributed by atoms with van der Waals surface area (Å²) in [5.74, 6) is 0.828. The van der Waals surface area contributed by atoms with Crippen molar-refractivity contribution in [3.63, 3.8) is 0 Å². The number of fused-ring (bicyclic) bond motifs is 1. The van der Waals surface area contributed by atoms with Gasteiger partial charge in [-0.2, -0.15) is 5.10 Å². The Hall–Kier alpha value is -3.99. The summed E-state index contributed by atoms with van der Waals surface area (Å²) in [5, 5.41) is 32.7. The van der Waals surface area contributed by atoms with E-state index in [0.29, 0.717) is 24.6 Å². The summed E-state index contributed by atoms with van der Waals surface area (Å²) in [6.45, 7) is 3.59. The van der Waals surface area contributed by atoms with Gasteiger partial charge in [-0.15, -0.1) is 5.10 Å². The first-order valence-electron chi connectivity index (χ1n) is 13.3. The summed E-state index contributed by atoms with van der Waals surface area (Å²) in [6.07, 6.45) is 9.85. The third-order valence-corrected chi connectivity index (χ3v) is 6.96. The van der Waals surface area contributed by atoms with Gasteiger partial charge in [0.05, 0.1) is 17.9 Å².